The van der Waals surface area contributed by atoms with Crippen LogP contribution in [0.15, 0.2) is 36.4 Å². The van der Waals surface area contributed by atoms with E-state index in [1.54, 1.807) is 12.1 Å². The van der Waals surface area contributed by atoms with Crippen LogP contribution in [0.1, 0.15) is 10.4 Å². The summed E-state index contributed by atoms with van der Waals surface area (Å²) in [7, 11) is 4.39. The van der Waals surface area contributed by atoms with E-state index in [9.17, 15) is 14.9 Å². The van der Waals surface area contributed by atoms with Gasteiger partial charge in [-0.05, 0) is 24.3 Å². The molecular formula is C18H16N4O6S. The molecule has 0 saturated carbocycles. The molecule has 0 aliphatic rings. The van der Waals surface area contributed by atoms with Gasteiger partial charge in [0.15, 0.2) is 11.5 Å². The molecule has 0 radical (unpaired) electrons. The van der Waals surface area contributed by atoms with E-state index >= 15 is 0 Å². The van der Waals surface area contributed by atoms with Gasteiger partial charge in [0.2, 0.25) is 10.9 Å². The van der Waals surface area contributed by atoms with Gasteiger partial charge in [0.1, 0.15) is 5.01 Å². The van der Waals surface area contributed by atoms with Crippen molar-refractivity contribution in [2.45, 2.75) is 0 Å². The summed E-state index contributed by atoms with van der Waals surface area (Å²) in [4.78, 5) is 22.9. The summed E-state index contributed by atoms with van der Waals surface area (Å²) in [5.41, 5.74) is 0.919. The van der Waals surface area contributed by atoms with E-state index in [2.05, 4.69) is 15.5 Å². The number of methoxy groups -OCH3 is 3. The van der Waals surface area contributed by atoms with E-state index in [1.807, 2.05) is 0 Å². The second-order valence-electron chi connectivity index (χ2n) is 5.58. The van der Waals surface area contributed by atoms with E-state index in [0.29, 0.717) is 27.8 Å². The Labute approximate surface area is 169 Å². The SMILES string of the molecule is COc1cc(C(=O)Nc2nnc(-c3ccc([N+](=O)[O-])cc3)s2)cc(OC)c1OC. The number of carbonyl (C=O) groups excluding carboxylic acids is 1. The highest BCUT2D eigenvalue weighted by Crippen LogP contribution is 2.38. The number of anilines is 1. The van der Waals surface area contributed by atoms with Gasteiger partial charge in [-0.25, -0.2) is 0 Å². The van der Waals surface area contributed by atoms with Crippen LogP contribution in [-0.4, -0.2) is 42.4 Å². The van der Waals surface area contributed by atoms with Crippen LogP contribution < -0.4 is 19.5 Å². The lowest BCUT2D eigenvalue weighted by atomic mass is 10.1. The first-order valence-electron chi connectivity index (χ1n) is 8.16. The summed E-state index contributed by atoms with van der Waals surface area (Å²) in [6.45, 7) is 0. The largest absolute Gasteiger partial charge is 0.493 e. The summed E-state index contributed by atoms with van der Waals surface area (Å²) in [5, 5.41) is 22.2. The van der Waals surface area contributed by atoms with Crippen molar-refractivity contribution in [2.24, 2.45) is 0 Å². The molecule has 0 fully saturated rings. The highest BCUT2D eigenvalue weighted by atomic mass is 32.1. The Hall–Kier alpha value is -3.73. The maximum absolute atomic E-state index is 12.6. The smallest absolute Gasteiger partial charge is 0.269 e. The van der Waals surface area contributed by atoms with Crippen molar-refractivity contribution in [1.82, 2.24) is 10.2 Å². The molecule has 3 aromatic rings. The van der Waals surface area contributed by atoms with Gasteiger partial charge >= 0.3 is 0 Å². The number of nitrogens with zero attached hydrogens (tertiary/aromatic N) is 3. The van der Waals surface area contributed by atoms with Crippen LogP contribution in [0.3, 0.4) is 0 Å². The van der Waals surface area contributed by atoms with Crippen molar-refractivity contribution in [3.63, 3.8) is 0 Å². The molecule has 0 spiro atoms. The van der Waals surface area contributed by atoms with Gasteiger partial charge in [0.05, 0.1) is 26.3 Å². The molecule has 0 unspecified atom stereocenters. The van der Waals surface area contributed by atoms with Crippen molar-refractivity contribution < 1.29 is 23.9 Å². The number of amides is 1. The van der Waals surface area contributed by atoms with Crippen molar-refractivity contribution >= 4 is 28.1 Å². The minimum Gasteiger partial charge on any atom is -0.493 e. The van der Waals surface area contributed by atoms with Gasteiger partial charge in [0.25, 0.3) is 11.6 Å². The number of aromatic nitrogens is 2. The minimum absolute atomic E-state index is 0.0193. The van der Waals surface area contributed by atoms with Gasteiger partial charge in [-0.1, -0.05) is 11.3 Å². The standard InChI is InChI=1S/C18H16N4O6S/c1-26-13-8-11(9-14(27-2)15(13)28-3)16(23)19-18-21-20-17(29-18)10-4-6-12(7-5-10)22(24)25/h4-9H,1-3H3,(H,19,21,23). The van der Waals surface area contributed by atoms with E-state index in [-0.39, 0.29) is 16.4 Å². The van der Waals surface area contributed by atoms with E-state index in [1.165, 1.54) is 45.6 Å². The fraction of sp³-hybridized carbons (Fsp3) is 0.167. The monoisotopic (exact) mass is 416 g/mol. The molecule has 0 bridgehead atoms. The van der Waals surface area contributed by atoms with Gasteiger partial charge in [-0.2, -0.15) is 0 Å². The Bertz CT molecular complexity index is 1030. The number of carbonyl (C=O) groups is 1. The lowest BCUT2D eigenvalue weighted by molar-refractivity contribution is -0.384. The van der Waals surface area contributed by atoms with Crippen molar-refractivity contribution in [1.29, 1.82) is 0 Å². The molecule has 150 valence electrons. The molecule has 1 N–H and O–H groups in total. The first-order chi connectivity index (χ1) is 14.0. The molecule has 3 rings (SSSR count). The number of hydrogen-bond donors (Lipinski definition) is 1. The molecule has 2 aromatic carbocycles. The third-order valence-electron chi connectivity index (χ3n) is 3.90. The van der Waals surface area contributed by atoms with Gasteiger partial charge in [0, 0.05) is 23.3 Å². The van der Waals surface area contributed by atoms with Crippen LogP contribution in [0.5, 0.6) is 17.2 Å². The fourth-order valence-electron chi connectivity index (χ4n) is 2.50. The molecule has 1 heterocycles. The topological polar surface area (TPSA) is 126 Å². The molecule has 10 nitrogen and oxygen atoms in total. The van der Waals surface area contributed by atoms with Gasteiger partial charge in [-0.3, -0.25) is 20.2 Å². The molecule has 1 amide bonds. The van der Waals surface area contributed by atoms with Crippen LogP contribution >= 0.6 is 11.3 Å². The Morgan fingerprint density at radius 3 is 2.17 bits per heavy atom. The fourth-order valence-corrected chi connectivity index (χ4v) is 3.24. The number of ether oxygens (including phenoxy) is 3. The molecule has 0 atom stereocenters. The number of benzene rings is 2. The quantitative estimate of drug-likeness (QED) is 0.459. The molecule has 0 aliphatic carbocycles. The molecule has 29 heavy (non-hydrogen) atoms. The van der Waals surface area contributed by atoms with Crippen LogP contribution in [-0.2, 0) is 0 Å². The van der Waals surface area contributed by atoms with Crippen molar-refractivity contribution in [3.05, 3.63) is 52.1 Å². The minimum atomic E-state index is -0.479. The second-order valence-corrected chi connectivity index (χ2v) is 6.56. The summed E-state index contributed by atoms with van der Waals surface area (Å²) in [6.07, 6.45) is 0. The Morgan fingerprint density at radius 1 is 1.03 bits per heavy atom. The summed E-state index contributed by atoms with van der Waals surface area (Å²) in [6, 6.07) is 8.95. The number of nitrogens with one attached hydrogen (secondary N) is 1. The zero-order valence-electron chi connectivity index (χ0n) is 15.7. The Balaban J connectivity index is 1.81. The van der Waals surface area contributed by atoms with Crippen LogP contribution in [0.25, 0.3) is 10.6 Å². The first kappa shape index (κ1) is 20.0. The Morgan fingerprint density at radius 2 is 1.66 bits per heavy atom. The lowest BCUT2D eigenvalue weighted by Crippen LogP contribution is -2.12. The third kappa shape index (κ3) is 4.24. The zero-order chi connectivity index (χ0) is 21.0. The maximum Gasteiger partial charge on any atom is 0.269 e. The van der Waals surface area contributed by atoms with E-state index in [0.717, 1.165) is 11.3 Å². The van der Waals surface area contributed by atoms with Gasteiger partial charge in [-0.15, -0.1) is 10.2 Å². The molecule has 1 aromatic heterocycles. The number of nitro benzene ring substituents is 1. The highest BCUT2D eigenvalue weighted by molar-refractivity contribution is 7.18. The maximum atomic E-state index is 12.6. The lowest BCUT2D eigenvalue weighted by Gasteiger charge is -2.13. The average molecular weight is 416 g/mol. The molecule has 0 saturated heterocycles. The normalized spacial score (nSPS) is 10.3. The van der Waals surface area contributed by atoms with Crippen molar-refractivity contribution in [3.8, 4) is 27.8 Å². The second kappa shape index (κ2) is 8.52. The van der Waals surface area contributed by atoms with E-state index < -0.39 is 10.8 Å². The highest BCUT2D eigenvalue weighted by Gasteiger charge is 2.18. The molecule has 0 aliphatic heterocycles. The number of non-ortho nitro benzene ring substituents is 1. The molecular weight excluding hydrogens is 400 g/mol. The third-order valence-corrected chi connectivity index (χ3v) is 4.79. The molecule has 11 heteroatoms. The predicted octanol–water partition coefficient (Wildman–Crippen LogP) is 3.39. The van der Waals surface area contributed by atoms with Crippen LogP contribution in [0, 0.1) is 10.1 Å². The number of hydrogen-bond acceptors (Lipinski definition) is 9. The van der Waals surface area contributed by atoms with Crippen molar-refractivity contribution in [2.75, 3.05) is 26.6 Å². The summed E-state index contributed by atoms with van der Waals surface area (Å²) >= 11 is 1.14. The van der Waals surface area contributed by atoms with E-state index in [4.69, 9.17) is 14.2 Å². The summed E-state index contributed by atoms with van der Waals surface area (Å²) in [5.74, 6) is 0.639. The Kier molecular flexibility index (Phi) is 5.88. The van der Waals surface area contributed by atoms with Crippen LogP contribution in [0.2, 0.25) is 0 Å². The average Bonchev–Trinajstić information content (AvgIpc) is 3.20. The van der Waals surface area contributed by atoms with Gasteiger partial charge < -0.3 is 14.2 Å². The first-order valence-corrected chi connectivity index (χ1v) is 8.98. The number of nitro groups is 1. The summed E-state index contributed by atoms with van der Waals surface area (Å²) < 4.78 is 15.7. The van der Waals surface area contributed by atoms with Crippen LogP contribution in [0.4, 0.5) is 10.8 Å². The predicted molar refractivity (Wildman–Crippen MR) is 106 cm³/mol. The zero-order valence-corrected chi connectivity index (χ0v) is 16.5. The number of rotatable bonds is 7.